The van der Waals surface area contributed by atoms with Gasteiger partial charge in [-0.2, -0.15) is 0 Å². The van der Waals surface area contributed by atoms with Crippen LogP contribution in [0.5, 0.6) is 0 Å². The van der Waals surface area contributed by atoms with Crippen molar-refractivity contribution in [2.24, 2.45) is 0 Å². The SMILES string of the molecule is CC(C)(C)N1[Si]N(C(C)(C)C)N(C(C)(C)C)[Si]N1C(C)(C)C. The van der Waals surface area contributed by atoms with Crippen LogP contribution >= 0.6 is 0 Å². The minimum absolute atomic E-state index is 0.117. The molecule has 1 aliphatic heterocycles. The second-order valence-electron chi connectivity index (χ2n) is 10.1. The average molecular weight is 341 g/mol. The Morgan fingerprint density at radius 2 is 0.500 bits per heavy atom. The minimum Gasteiger partial charge on any atom is -0.246 e. The van der Waals surface area contributed by atoms with Crippen molar-refractivity contribution in [2.45, 2.75) is 105 Å². The van der Waals surface area contributed by atoms with Crippen LogP contribution in [-0.2, 0) is 0 Å². The van der Waals surface area contributed by atoms with Gasteiger partial charge in [-0.3, -0.25) is 0 Å². The van der Waals surface area contributed by atoms with E-state index in [2.05, 4.69) is 102 Å². The number of nitrogens with zero attached hydrogens (tertiary/aromatic N) is 4. The van der Waals surface area contributed by atoms with Gasteiger partial charge in [0.1, 0.15) is 0 Å². The molecule has 4 nitrogen and oxygen atoms in total. The van der Waals surface area contributed by atoms with Crippen molar-refractivity contribution < 1.29 is 0 Å². The standard InChI is InChI=1S/C16H36N4Si2/c1-13(2,3)17-18(14(4,5)6)22-20(16(10,11)12)19(21-17)15(7,8)9/h1-12H3. The lowest BCUT2D eigenvalue weighted by Gasteiger charge is -2.62. The first-order valence-electron chi connectivity index (χ1n) is 8.19. The predicted octanol–water partition coefficient (Wildman–Crippen LogP) is 3.30. The molecule has 0 aromatic heterocycles. The summed E-state index contributed by atoms with van der Waals surface area (Å²) < 4.78 is 10.3. The molecule has 22 heavy (non-hydrogen) atoms. The Hall–Kier alpha value is 0.274. The normalized spacial score (nSPS) is 22.4. The molecule has 1 heterocycles. The van der Waals surface area contributed by atoms with E-state index < -0.39 is 0 Å². The lowest BCUT2D eigenvalue weighted by Crippen LogP contribution is -2.79. The number of hydrogen-bond acceptors (Lipinski definition) is 4. The van der Waals surface area contributed by atoms with Crippen molar-refractivity contribution in [3.05, 3.63) is 0 Å². The van der Waals surface area contributed by atoms with Crippen LogP contribution in [0.25, 0.3) is 0 Å². The van der Waals surface area contributed by atoms with Gasteiger partial charge >= 0.3 is 0 Å². The highest BCUT2D eigenvalue weighted by Crippen LogP contribution is 2.33. The molecule has 0 amide bonds. The highest BCUT2D eigenvalue weighted by atomic mass is 28.2. The molecular formula is C16H36N4Si2. The molecule has 128 valence electrons. The van der Waals surface area contributed by atoms with Crippen LogP contribution in [0.2, 0.25) is 0 Å². The van der Waals surface area contributed by atoms with Crippen LogP contribution in [0.15, 0.2) is 0 Å². The summed E-state index contributed by atoms with van der Waals surface area (Å²) in [5.41, 5.74) is 0.469. The largest absolute Gasteiger partial charge is 0.282 e. The van der Waals surface area contributed by atoms with Crippen molar-refractivity contribution in [1.82, 2.24) is 18.7 Å². The maximum absolute atomic E-state index is 2.57. The molecule has 0 unspecified atom stereocenters. The highest BCUT2D eigenvalue weighted by molar-refractivity contribution is 6.38. The maximum Gasteiger partial charge on any atom is 0.282 e. The fourth-order valence-corrected chi connectivity index (χ4v) is 5.81. The summed E-state index contributed by atoms with van der Waals surface area (Å²) in [6, 6.07) is 0. The lowest BCUT2D eigenvalue weighted by molar-refractivity contribution is -0.0976. The van der Waals surface area contributed by atoms with E-state index in [9.17, 15) is 0 Å². The Bertz CT molecular complexity index is 311. The third-order valence-corrected chi connectivity index (χ3v) is 7.96. The molecule has 6 heteroatoms. The number of rotatable bonds is 0. The Morgan fingerprint density at radius 3 is 0.591 bits per heavy atom. The van der Waals surface area contributed by atoms with E-state index in [0.29, 0.717) is 19.7 Å². The van der Waals surface area contributed by atoms with Gasteiger partial charge in [0.05, 0.1) is 0 Å². The topological polar surface area (TPSA) is 13.0 Å². The third kappa shape index (κ3) is 4.64. The van der Waals surface area contributed by atoms with Gasteiger partial charge in [0, 0.05) is 22.2 Å². The van der Waals surface area contributed by atoms with Crippen LogP contribution in [0.1, 0.15) is 83.1 Å². The highest BCUT2D eigenvalue weighted by Gasteiger charge is 2.48. The zero-order valence-corrected chi connectivity index (χ0v) is 18.8. The molecule has 0 spiro atoms. The second-order valence-corrected chi connectivity index (χ2v) is 12.2. The Kier molecular flexibility index (Phi) is 5.51. The van der Waals surface area contributed by atoms with Crippen molar-refractivity contribution in [1.29, 1.82) is 0 Å². The molecule has 1 rings (SSSR count). The molecule has 0 bridgehead atoms. The molecule has 0 N–H and O–H groups in total. The zero-order valence-electron chi connectivity index (χ0n) is 16.8. The smallest absolute Gasteiger partial charge is 0.246 e. The Balaban J connectivity index is 3.30. The zero-order chi connectivity index (χ0) is 17.7. The summed E-state index contributed by atoms with van der Waals surface area (Å²) in [5, 5.41) is 0. The predicted molar refractivity (Wildman–Crippen MR) is 97.9 cm³/mol. The van der Waals surface area contributed by atoms with Gasteiger partial charge in [-0.15, -0.1) is 0 Å². The van der Waals surface area contributed by atoms with Gasteiger partial charge in [0.25, 0.3) is 19.7 Å². The first-order valence-corrected chi connectivity index (χ1v) is 9.98. The molecule has 0 atom stereocenters. The van der Waals surface area contributed by atoms with Crippen LogP contribution in [-0.4, -0.2) is 60.5 Å². The van der Waals surface area contributed by atoms with Crippen LogP contribution in [0, 0.1) is 0 Å². The van der Waals surface area contributed by atoms with Gasteiger partial charge in [0.15, 0.2) is 0 Å². The Labute approximate surface area is 144 Å². The summed E-state index contributed by atoms with van der Waals surface area (Å²) in [6.45, 7) is 27.8. The van der Waals surface area contributed by atoms with Crippen molar-refractivity contribution in [3.63, 3.8) is 0 Å². The van der Waals surface area contributed by atoms with Gasteiger partial charge in [-0.05, 0) is 83.1 Å². The second kappa shape index (κ2) is 5.97. The van der Waals surface area contributed by atoms with E-state index in [1.807, 2.05) is 0 Å². The molecule has 1 fully saturated rings. The average Bonchev–Trinajstić information content (AvgIpc) is 2.22. The van der Waals surface area contributed by atoms with Gasteiger partial charge in [0.2, 0.25) is 0 Å². The van der Waals surface area contributed by atoms with E-state index in [0.717, 1.165) is 0 Å². The van der Waals surface area contributed by atoms with Crippen molar-refractivity contribution >= 4 is 19.7 Å². The summed E-state index contributed by atoms with van der Waals surface area (Å²) in [7, 11) is 1.24. The van der Waals surface area contributed by atoms with Crippen LogP contribution in [0.3, 0.4) is 0 Å². The molecular weight excluding hydrogens is 304 g/mol. The van der Waals surface area contributed by atoms with Crippen molar-refractivity contribution in [3.8, 4) is 0 Å². The van der Waals surface area contributed by atoms with Crippen LogP contribution in [0.4, 0.5) is 0 Å². The third-order valence-electron chi connectivity index (χ3n) is 3.32. The van der Waals surface area contributed by atoms with E-state index in [1.54, 1.807) is 0 Å². The molecule has 1 saturated heterocycles. The summed E-state index contributed by atoms with van der Waals surface area (Å²) >= 11 is 0. The number of hydrazine groups is 2. The lowest BCUT2D eigenvalue weighted by atomic mass is 10.1. The van der Waals surface area contributed by atoms with Crippen molar-refractivity contribution in [2.75, 3.05) is 0 Å². The molecule has 0 aromatic rings. The van der Waals surface area contributed by atoms with Crippen LogP contribution < -0.4 is 0 Å². The monoisotopic (exact) mass is 340 g/mol. The van der Waals surface area contributed by atoms with Gasteiger partial charge in [-0.1, -0.05) is 0 Å². The van der Waals surface area contributed by atoms with Gasteiger partial charge in [-0.25, -0.2) is 18.7 Å². The van der Waals surface area contributed by atoms with E-state index in [4.69, 9.17) is 0 Å². The summed E-state index contributed by atoms with van der Waals surface area (Å²) in [5.74, 6) is 0. The molecule has 0 aromatic carbocycles. The fraction of sp³-hybridized carbons (Fsp3) is 1.00. The molecule has 0 saturated carbocycles. The quantitative estimate of drug-likeness (QED) is 0.627. The van der Waals surface area contributed by atoms with Gasteiger partial charge < -0.3 is 0 Å². The maximum atomic E-state index is 2.57. The minimum atomic E-state index is 0.117. The first-order chi connectivity index (χ1) is 9.45. The molecule has 0 aliphatic carbocycles. The number of hydrogen-bond donors (Lipinski definition) is 0. The van der Waals surface area contributed by atoms with E-state index >= 15 is 0 Å². The molecule has 4 radical (unpaired) electrons. The summed E-state index contributed by atoms with van der Waals surface area (Å²) in [4.78, 5) is 0. The molecule has 1 aliphatic rings. The summed E-state index contributed by atoms with van der Waals surface area (Å²) in [6.07, 6.45) is 0. The van der Waals surface area contributed by atoms with E-state index in [1.165, 1.54) is 0 Å². The fourth-order valence-electron chi connectivity index (χ4n) is 2.16. The first kappa shape index (κ1) is 20.3. The van der Waals surface area contributed by atoms with E-state index in [-0.39, 0.29) is 22.2 Å². The Morgan fingerprint density at radius 1 is 0.364 bits per heavy atom.